The molecule has 1 aliphatic heterocycles. The third kappa shape index (κ3) is 3.08. The molecule has 5 nitrogen and oxygen atoms in total. The predicted molar refractivity (Wildman–Crippen MR) is 103 cm³/mol. The average Bonchev–Trinajstić information content (AvgIpc) is 3.11. The second kappa shape index (κ2) is 7.09. The van der Waals surface area contributed by atoms with Crippen molar-refractivity contribution in [2.45, 2.75) is 13.0 Å². The molecule has 0 bridgehead atoms. The molecule has 0 saturated carbocycles. The Morgan fingerprint density at radius 1 is 1.08 bits per heavy atom. The van der Waals surface area contributed by atoms with Gasteiger partial charge in [0.2, 0.25) is 0 Å². The van der Waals surface area contributed by atoms with Crippen LogP contribution in [0.25, 0.3) is 10.9 Å². The van der Waals surface area contributed by atoms with Crippen LogP contribution in [0.15, 0.2) is 48.5 Å². The fourth-order valence-electron chi connectivity index (χ4n) is 3.60. The summed E-state index contributed by atoms with van der Waals surface area (Å²) in [5.74, 6) is -0.00695. The first-order chi connectivity index (χ1) is 12.6. The highest BCUT2D eigenvalue weighted by Crippen LogP contribution is 2.28. The summed E-state index contributed by atoms with van der Waals surface area (Å²) in [5.41, 5.74) is 2.53. The number of aromatic amines is 1. The van der Waals surface area contributed by atoms with E-state index in [1.165, 1.54) is 0 Å². The minimum Gasteiger partial charge on any atom is -0.335 e. The van der Waals surface area contributed by atoms with Crippen molar-refractivity contribution >= 4 is 28.4 Å². The number of nitrogens with one attached hydrogen (secondary N) is 1. The lowest BCUT2D eigenvalue weighted by atomic mass is 10.1. The highest BCUT2D eigenvalue weighted by Gasteiger charge is 2.27. The van der Waals surface area contributed by atoms with Gasteiger partial charge in [-0.2, -0.15) is 5.10 Å². The summed E-state index contributed by atoms with van der Waals surface area (Å²) in [6.07, 6.45) is 0. The SMILES string of the molecule is C[C@@H](c1ccccc1Cl)N1CCN(C(=O)c2n[nH]c3ccccc23)CC1. The van der Waals surface area contributed by atoms with Gasteiger partial charge >= 0.3 is 0 Å². The van der Waals surface area contributed by atoms with E-state index in [-0.39, 0.29) is 11.9 Å². The largest absolute Gasteiger partial charge is 0.335 e. The minimum atomic E-state index is -0.00695. The van der Waals surface area contributed by atoms with E-state index < -0.39 is 0 Å². The van der Waals surface area contributed by atoms with Gasteiger partial charge in [-0.05, 0) is 24.6 Å². The van der Waals surface area contributed by atoms with Crippen LogP contribution >= 0.6 is 11.6 Å². The summed E-state index contributed by atoms with van der Waals surface area (Å²) < 4.78 is 0. The lowest BCUT2D eigenvalue weighted by Gasteiger charge is -2.38. The first-order valence-electron chi connectivity index (χ1n) is 8.86. The van der Waals surface area contributed by atoms with Gasteiger partial charge in [-0.1, -0.05) is 48.0 Å². The number of fused-ring (bicyclic) bond motifs is 1. The Labute approximate surface area is 157 Å². The number of hydrogen-bond donors (Lipinski definition) is 1. The second-order valence-electron chi connectivity index (χ2n) is 6.64. The van der Waals surface area contributed by atoms with Crippen LogP contribution in [0.2, 0.25) is 5.02 Å². The van der Waals surface area contributed by atoms with E-state index in [1.54, 1.807) is 0 Å². The Morgan fingerprint density at radius 2 is 1.77 bits per heavy atom. The molecule has 3 aromatic rings. The number of H-pyrrole nitrogens is 1. The molecular weight excluding hydrogens is 348 g/mol. The fraction of sp³-hybridized carbons (Fsp3) is 0.300. The Morgan fingerprint density at radius 3 is 2.54 bits per heavy atom. The first kappa shape index (κ1) is 17.1. The number of benzene rings is 2. The van der Waals surface area contributed by atoms with Crippen molar-refractivity contribution in [3.05, 3.63) is 64.8 Å². The molecule has 6 heteroatoms. The van der Waals surface area contributed by atoms with Gasteiger partial charge in [0.15, 0.2) is 5.69 Å². The van der Waals surface area contributed by atoms with E-state index in [0.29, 0.717) is 18.8 Å². The van der Waals surface area contributed by atoms with E-state index in [2.05, 4.69) is 28.1 Å². The van der Waals surface area contributed by atoms with E-state index in [1.807, 2.05) is 47.4 Å². The number of carbonyl (C=O) groups excluding carboxylic acids is 1. The number of hydrogen-bond acceptors (Lipinski definition) is 3. The fourth-order valence-corrected chi connectivity index (χ4v) is 3.89. The number of piperazine rings is 1. The Kier molecular flexibility index (Phi) is 4.66. The molecular formula is C20H21ClN4O. The molecule has 1 fully saturated rings. The average molecular weight is 369 g/mol. The van der Waals surface area contributed by atoms with Crippen molar-refractivity contribution in [2.75, 3.05) is 26.2 Å². The van der Waals surface area contributed by atoms with E-state index >= 15 is 0 Å². The summed E-state index contributed by atoms with van der Waals surface area (Å²) in [4.78, 5) is 17.1. The summed E-state index contributed by atoms with van der Waals surface area (Å²) in [7, 11) is 0. The smallest absolute Gasteiger partial charge is 0.275 e. The topological polar surface area (TPSA) is 52.2 Å². The molecule has 1 aromatic heterocycles. The summed E-state index contributed by atoms with van der Waals surface area (Å²) >= 11 is 6.34. The van der Waals surface area contributed by atoms with Gasteiger partial charge in [0.1, 0.15) is 0 Å². The van der Waals surface area contributed by atoms with Crippen LogP contribution in [0.4, 0.5) is 0 Å². The van der Waals surface area contributed by atoms with Crippen LogP contribution in [-0.4, -0.2) is 52.1 Å². The molecule has 26 heavy (non-hydrogen) atoms. The minimum absolute atomic E-state index is 0.00695. The molecule has 134 valence electrons. The molecule has 1 aliphatic rings. The Balaban J connectivity index is 1.45. The Bertz CT molecular complexity index is 930. The first-order valence-corrected chi connectivity index (χ1v) is 9.24. The second-order valence-corrected chi connectivity index (χ2v) is 7.05. The quantitative estimate of drug-likeness (QED) is 0.766. The zero-order valence-electron chi connectivity index (χ0n) is 14.7. The van der Waals surface area contributed by atoms with Crippen LogP contribution < -0.4 is 0 Å². The van der Waals surface area contributed by atoms with E-state index in [9.17, 15) is 4.79 Å². The highest BCUT2D eigenvalue weighted by atomic mass is 35.5. The number of halogens is 1. The number of rotatable bonds is 3. The molecule has 4 rings (SSSR count). The molecule has 0 spiro atoms. The van der Waals surface area contributed by atoms with Gasteiger partial charge in [0.05, 0.1) is 5.52 Å². The van der Waals surface area contributed by atoms with Gasteiger partial charge < -0.3 is 4.90 Å². The van der Waals surface area contributed by atoms with Gasteiger partial charge in [0, 0.05) is 42.6 Å². The number of nitrogens with zero attached hydrogens (tertiary/aromatic N) is 3. The van der Waals surface area contributed by atoms with Gasteiger partial charge in [-0.25, -0.2) is 0 Å². The maximum atomic E-state index is 12.9. The maximum Gasteiger partial charge on any atom is 0.275 e. The third-order valence-electron chi connectivity index (χ3n) is 5.18. The van der Waals surface area contributed by atoms with Gasteiger partial charge in [-0.15, -0.1) is 0 Å². The van der Waals surface area contributed by atoms with Crippen molar-refractivity contribution < 1.29 is 4.79 Å². The van der Waals surface area contributed by atoms with Crippen molar-refractivity contribution in [1.29, 1.82) is 0 Å². The number of para-hydroxylation sites is 1. The lowest BCUT2D eigenvalue weighted by Crippen LogP contribution is -2.49. The summed E-state index contributed by atoms with van der Waals surface area (Å²) in [6, 6.07) is 15.9. The molecule has 2 aromatic carbocycles. The molecule has 0 unspecified atom stereocenters. The maximum absolute atomic E-state index is 12.9. The molecule has 1 atom stereocenters. The monoisotopic (exact) mass is 368 g/mol. The van der Waals surface area contributed by atoms with Gasteiger partial charge in [0.25, 0.3) is 5.91 Å². The Hall–Kier alpha value is -2.37. The van der Waals surface area contributed by atoms with Crippen molar-refractivity contribution in [2.24, 2.45) is 0 Å². The van der Waals surface area contributed by atoms with Crippen LogP contribution in [0, 0.1) is 0 Å². The van der Waals surface area contributed by atoms with Crippen LogP contribution in [0.3, 0.4) is 0 Å². The molecule has 2 heterocycles. The number of aromatic nitrogens is 2. The summed E-state index contributed by atoms with van der Waals surface area (Å²) in [5, 5.41) is 8.85. The molecule has 1 amide bonds. The molecule has 0 radical (unpaired) electrons. The number of carbonyl (C=O) groups is 1. The van der Waals surface area contributed by atoms with Crippen LogP contribution in [0.5, 0.6) is 0 Å². The van der Waals surface area contributed by atoms with Crippen molar-refractivity contribution in [3.63, 3.8) is 0 Å². The standard InChI is InChI=1S/C20H21ClN4O/c1-14(15-6-2-4-8-17(15)21)24-10-12-25(13-11-24)20(26)19-16-7-3-5-9-18(16)22-23-19/h2-9,14H,10-13H2,1H3,(H,22,23)/t14-/m0/s1. The van der Waals surface area contributed by atoms with Crippen LogP contribution in [-0.2, 0) is 0 Å². The van der Waals surface area contributed by atoms with Crippen molar-refractivity contribution in [3.8, 4) is 0 Å². The molecule has 1 N–H and O–H groups in total. The van der Waals surface area contributed by atoms with Crippen molar-refractivity contribution in [1.82, 2.24) is 20.0 Å². The molecule has 0 aliphatic carbocycles. The third-order valence-corrected chi connectivity index (χ3v) is 5.52. The summed E-state index contributed by atoms with van der Waals surface area (Å²) in [6.45, 7) is 5.19. The van der Waals surface area contributed by atoms with E-state index in [0.717, 1.165) is 34.6 Å². The van der Waals surface area contributed by atoms with Gasteiger partial charge in [-0.3, -0.25) is 14.8 Å². The molecule has 1 saturated heterocycles. The zero-order valence-corrected chi connectivity index (χ0v) is 15.4. The zero-order chi connectivity index (χ0) is 18.1. The predicted octanol–water partition coefficient (Wildman–Crippen LogP) is 3.74. The lowest BCUT2D eigenvalue weighted by molar-refractivity contribution is 0.0578. The van der Waals surface area contributed by atoms with Crippen LogP contribution in [0.1, 0.15) is 29.0 Å². The van der Waals surface area contributed by atoms with E-state index in [4.69, 9.17) is 11.6 Å². The highest BCUT2D eigenvalue weighted by molar-refractivity contribution is 6.31. The number of amides is 1. The normalized spacial score (nSPS) is 16.8.